The number of nitrogens with one attached hydrogen (secondary N) is 1. The van der Waals surface area contributed by atoms with Gasteiger partial charge < -0.3 is 15.3 Å². The highest BCUT2D eigenvalue weighted by atomic mass is 79.9. The summed E-state index contributed by atoms with van der Waals surface area (Å²) in [6.45, 7) is 3.85. The molecule has 1 unspecified atom stereocenters. The lowest BCUT2D eigenvalue weighted by Gasteiger charge is -2.26. The highest BCUT2D eigenvalue weighted by Gasteiger charge is 2.18. The number of halogens is 1. The molecule has 1 heterocycles. The van der Waals surface area contributed by atoms with Crippen molar-refractivity contribution in [3.05, 3.63) is 28.2 Å². The molecule has 98 valence electrons. The smallest absolute Gasteiger partial charge is 0.221 e. The number of rotatable bonds is 2. The fourth-order valence-corrected chi connectivity index (χ4v) is 2.50. The molecule has 1 atom stereocenters. The number of aliphatic hydroxyl groups excluding tert-OH is 1. The van der Waals surface area contributed by atoms with Gasteiger partial charge in [0.15, 0.2) is 0 Å². The van der Waals surface area contributed by atoms with Crippen molar-refractivity contribution in [2.24, 2.45) is 0 Å². The van der Waals surface area contributed by atoms with E-state index < -0.39 is 6.10 Å². The molecule has 1 aromatic rings. The summed E-state index contributed by atoms with van der Waals surface area (Å²) in [5.41, 5.74) is 1.89. The maximum absolute atomic E-state index is 11.3. The van der Waals surface area contributed by atoms with E-state index in [0.29, 0.717) is 19.5 Å². The lowest BCUT2D eigenvalue weighted by molar-refractivity contribution is -0.120. The van der Waals surface area contributed by atoms with Gasteiger partial charge in [0, 0.05) is 41.8 Å². The van der Waals surface area contributed by atoms with Crippen LogP contribution in [0.4, 0.5) is 5.69 Å². The Kier molecular flexibility index (Phi) is 4.24. The summed E-state index contributed by atoms with van der Waals surface area (Å²) >= 11 is 3.45. The lowest BCUT2D eigenvalue weighted by Crippen LogP contribution is -2.29. The number of hydrogen-bond donors (Lipinski definition) is 2. The molecule has 4 nitrogen and oxygen atoms in total. The summed E-state index contributed by atoms with van der Waals surface area (Å²) in [6.07, 6.45) is -0.0220. The molecule has 0 aromatic heterocycles. The van der Waals surface area contributed by atoms with Crippen LogP contribution in [0.3, 0.4) is 0 Å². The van der Waals surface area contributed by atoms with Gasteiger partial charge in [0.1, 0.15) is 0 Å². The van der Waals surface area contributed by atoms with Crippen LogP contribution in [0.5, 0.6) is 0 Å². The van der Waals surface area contributed by atoms with Gasteiger partial charge in [0.2, 0.25) is 5.91 Å². The average Bonchev–Trinajstić information content (AvgIpc) is 2.53. The highest BCUT2D eigenvalue weighted by Crippen LogP contribution is 2.30. The van der Waals surface area contributed by atoms with Crippen LogP contribution >= 0.6 is 15.9 Å². The van der Waals surface area contributed by atoms with Crippen LogP contribution in [0.2, 0.25) is 0 Å². The standard InChI is InChI=1S/C13H17BrN2O2/c1-9(17)11-3-2-10(14)8-12(11)16-6-4-13(18)15-5-7-16/h2-3,8-9,17H,4-7H2,1H3,(H,15,18). The topological polar surface area (TPSA) is 52.6 Å². The predicted molar refractivity (Wildman–Crippen MR) is 74.6 cm³/mol. The Morgan fingerprint density at radius 3 is 2.94 bits per heavy atom. The van der Waals surface area contributed by atoms with Gasteiger partial charge in [0.05, 0.1) is 6.10 Å². The Morgan fingerprint density at radius 1 is 1.44 bits per heavy atom. The van der Waals surface area contributed by atoms with Crippen molar-refractivity contribution >= 4 is 27.5 Å². The van der Waals surface area contributed by atoms with E-state index in [4.69, 9.17) is 0 Å². The third kappa shape index (κ3) is 3.03. The molecule has 18 heavy (non-hydrogen) atoms. The molecule has 1 aliphatic rings. The number of nitrogens with zero attached hydrogens (tertiary/aromatic N) is 1. The molecule has 2 N–H and O–H groups in total. The number of anilines is 1. The van der Waals surface area contributed by atoms with Crippen molar-refractivity contribution in [1.29, 1.82) is 0 Å². The minimum Gasteiger partial charge on any atom is -0.389 e. The zero-order chi connectivity index (χ0) is 13.1. The van der Waals surface area contributed by atoms with Crippen LogP contribution in [-0.4, -0.2) is 30.6 Å². The summed E-state index contributed by atoms with van der Waals surface area (Å²) in [5, 5.41) is 12.7. The summed E-state index contributed by atoms with van der Waals surface area (Å²) in [5.74, 6) is 0.0890. The van der Waals surface area contributed by atoms with Gasteiger partial charge in [-0.15, -0.1) is 0 Å². The third-order valence-electron chi connectivity index (χ3n) is 3.10. The van der Waals surface area contributed by atoms with Gasteiger partial charge >= 0.3 is 0 Å². The second kappa shape index (κ2) is 5.71. The van der Waals surface area contributed by atoms with Gasteiger partial charge in [-0.1, -0.05) is 22.0 Å². The van der Waals surface area contributed by atoms with E-state index in [9.17, 15) is 9.90 Å². The molecule has 0 bridgehead atoms. The van der Waals surface area contributed by atoms with E-state index in [1.807, 2.05) is 18.2 Å². The fraction of sp³-hybridized carbons (Fsp3) is 0.462. The SMILES string of the molecule is CC(O)c1ccc(Br)cc1N1CCNC(=O)CC1. The first-order valence-electron chi connectivity index (χ1n) is 6.07. The Hall–Kier alpha value is -1.07. The van der Waals surface area contributed by atoms with Gasteiger partial charge in [-0.2, -0.15) is 0 Å². The first-order valence-corrected chi connectivity index (χ1v) is 6.86. The van der Waals surface area contributed by atoms with E-state index in [1.54, 1.807) is 6.92 Å². The number of hydrogen-bond acceptors (Lipinski definition) is 3. The van der Waals surface area contributed by atoms with E-state index >= 15 is 0 Å². The van der Waals surface area contributed by atoms with E-state index in [-0.39, 0.29) is 5.91 Å². The first kappa shape index (κ1) is 13.4. The molecule has 0 aliphatic carbocycles. The predicted octanol–water partition coefficient (Wildman–Crippen LogP) is 1.83. The second-order valence-electron chi connectivity index (χ2n) is 4.47. The number of carbonyl (C=O) groups excluding carboxylic acids is 1. The van der Waals surface area contributed by atoms with Crippen LogP contribution in [0.25, 0.3) is 0 Å². The Bertz CT molecular complexity index is 449. The van der Waals surface area contributed by atoms with Crippen LogP contribution in [0.1, 0.15) is 25.0 Å². The monoisotopic (exact) mass is 312 g/mol. The zero-order valence-corrected chi connectivity index (χ0v) is 11.9. The number of aliphatic hydroxyl groups is 1. The third-order valence-corrected chi connectivity index (χ3v) is 3.59. The molecule has 1 fully saturated rings. The van der Waals surface area contributed by atoms with Crippen LogP contribution in [0, 0.1) is 0 Å². The fourth-order valence-electron chi connectivity index (χ4n) is 2.15. The van der Waals surface area contributed by atoms with Crippen molar-refractivity contribution in [2.45, 2.75) is 19.4 Å². The van der Waals surface area contributed by atoms with E-state index in [2.05, 4.69) is 26.1 Å². The van der Waals surface area contributed by atoms with Gasteiger partial charge in [-0.3, -0.25) is 4.79 Å². The van der Waals surface area contributed by atoms with Crippen LogP contribution < -0.4 is 10.2 Å². The van der Waals surface area contributed by atoms with Crippen LogP contribution in [0.15, 0.2) is 22.7 Å². The summed E-state index contributed by atoms with van der Waals surface area (Å²) in [7, 11) is 0. The van der Waals surface area contributed by atoms with E-state index in [0.717, 1.165) is 22.3 Å². The Morgan fingerprint density at radius 2 is 2.22 bits per heavy atom. The highest BCUT2D eigenvalue weighted by molar-refractivity contribution is 9.10. The van der Waals surface area contributed by atoms with E-state index in [1.165, 1.54) is 0 Å². The van der Waals surface area contributed by atoms with Crippen molar-refractivity contribution in [2.75, 3.05) is 24.5 Å². The average molecular weight is 313 g/mol. The molecular weight excluding hydrogens is 296 g/mol. The van der Waals surface area contributed by atoms with Crippen LogP contribution in [-0.2, 0) is 4.79 Å². The number of amides is 1. The molecule has 5 heteroatoms. The molecule has 0 saturated carbocycles. The summed E-state index contributed by atoms with van der Waals surface area (Å²) < 4.78 is 0.977. The van der Waals surface area contributed by atoms with Gasteiger partial charge in [-0.25, -0.2) is 0 Å². The molecular formula is C13H17BrN2O2. The Balaban J connectivity index is 2.30. The molecule has 0 spiro atoms. The quantitative estimate of drug-likeness (QED) is 0.876. The maximum atomic E-state index is 11.3. The van der Waals surface area contributed by atoms with Gasteiger partial charge in [-0.05, 0) is 19.1 Å². The second-order valence-corrected chi connectivity index (χ2v) is 5.38. The molecule has 1 amide bonds. The number of benzene rings is 1. The molecule has 1 aliphatic heterocycles. The normalized spacial score (nSPS) is 18.2. The van der Waals surface area contributed by atoms with Gasteiger partial charge in [0.25, 0.3) is 0 Å². The maximum Gasteiger partial charge on any atom is 0.221 e. The summed E-state index contributed by atoms with van der Waals surface area (Å²) in [6, 6.07) is 5.84. The van der Waals surface area contributed by atoms with Crippen molar-refractivity contribution in [1.82, 2.24) is 5.32 Å². The lowest BCUT2D eigenvalue weighted by atomic mass is 10.1. The van der Waals surface area contributed by atoms with Crippen molar-refractivity contribution in [3.63, 3.8) is 0 Å². The minimum absolute atomic E-state index is 0.0890. The zero-order valence-electron chi connectivity index (χ0n) is 10.3. The molecule has 2 rings (SSSR count). The van der Waals surface area contributed by atoms with Crippen molar-refractivity contribution in [3.8, 4) is 0 Å². The summed E-state index contributed by atoms with van der Waals surface area (Å²) in [4.78, 5) is 13.5. The Labute approximate surface area is 115 Å². The molecule has 0 radical (unpaired) electrons. The largest absolute Gasteiger partial charge is 0.389 e. The number of carbonyl (C=O) groups is 1. The minimum atomic E-state index is -0.514. The molecule has 1 aromatic carbocycles. The first-order chi connectivity index (χ1) is 8.58. The molecule has 1 saturated heterocycles. The van der Waals surface area contributed by atoms with Crippen molar-refractivity contribution < 1.29 is 9.90 Å².